The monoisotopic (exact) mass is 290 g/mol. The minimum atomic E-state index is 0.537. The summed E-state index contributed by atoms with van der Waals surface area (Å²) in [6.45, 7) is 7.99. The third-order valence-corrected chi connectivity index (χ3v) is 4.16. The van der Waals surface area contributed by atoms with Gasteiger partial charge in [-0.1, -0.05) is 36.7 Å². The highest BCUT2D eigenvalue weighted by atomic mass is 79.9. The van der Waals surface area contributed by atoms with E-state index >= 15 is 0 Å². The Morgan fingerprint density at radius 1 is 1.12 bits per heavy atom. The third-order valence-electron chi connectivity index (χ3n) is 3.70. The van der Waals surface area contributed by atoms with Crippen LogP contribution in [-0.2, 0) is 4.74 Å². The molecule has 0 spiro atoms. The molecule has 0 amide bonds. The molecule has 0 aromatic carbocycles. The number of ether oxygens (including phenoxy) is 1. The van der Waals surface area contributed by atoms with Gasteiger partial charge in [-0.25, -0.2) is 0 Å². The van der Waals surface area contributed by atoms with Gasteiger partial charge in [-0.3, -0.25) is 0 Å². The summed E-state index contributed by atoms with van der Waals surface area (Å²) in [5.41, 5.74) is 0. The lowest BCUT2D eigenvalue weighted by molar-refractivity contribution is -0.00390. The molecule has 1 fully saturated rings. The van der Waals surface area contributed by atoms with Gasteiger partial charge in [-0.05, 0) is 49.9 Å². The molecule has 0 saturated heterocycles. The predicted molar refractivity (Wildman–Crippen MR) is 74.1 cm³/mol. The van der Waals surface area contributed by atoms with Crippen molar-refractivity contribution in [3.05, 3.63) is 0 Å². The van der Waals surface area contributed by atoms with E-state index in [2.05, 4.69) is 36.7 Å². The summed E-state index contributed by atoms with van der Waals surface area (Å²) < 4.78 is 6.03. The largest absolute Gasteiger partial charge is 0.378 e. The van der Waals surface area contributed by atoms with Crippen LogP contribution in [0.4, 0.5) is 0 Å². The molecule has 1 aliphatic carbocycles. The fraction of sp³-hybridized carbons (Fsp3) is 1.00. The maximum Gasteiger partial charge on any atom is 0.0580 e. The molecule has 0 aliphatic heterocycles. The van der Waals surface area contributed by atoms with E-state index in [4.69, 9.17) is 4.74 Å². The predicted octanol–water partition coefficient (Wildman–Crippen LogP) is 4.64. The summed E-state index contributed by atoms with van der Waals surface area (Å²) in [6.07, 6.45) is 6.95. The van der Waals surface area contributed by atoms with Gasteiger partial charge in [0.2, 0.25) is 0 Å². The molecule has 1 aliphatic rings. The second kappa shape index (κ2) is 7.71. The van der Waals surface area contributed by atoms with E-state index in [0.717, 1.165) is 29.7 Å². The fourth-order valence-corrected chi connectivity index (χ4v) is 3.56. The van der Waals surface area contributed by atoms with Crippen molar-refractivity contribution in [2.24, 2.45) is 17.8 Å². The van der Waals surface area contributed by atoms with Crippen LogP contribution >= 0.6 is 15.9 Å². The molecule has 0 bridgehead atoms. The Hall–Kier alpha value is 0.440. The maximum absolute atomic E-state index is 6.03. The second-order valence-corrected chi connectivity index (χ2v) is 6.57. The second-order valence-electron chi connectivity index (χ2n) is 5.78. The van der Waals surface area contributed by atoms with E-state index in [1.807, 2.05) is 0 Å². The van der Waals surface area contributed by atoms with Gasteiger partial charge >= 0.3 is 0 Å². The number of hydrogen-bond acceptors (Lipinski definition) is 1. The maximum atomic E-state index is 6.03. The molecule has 1 nitrogen and oxygen atoms in total. The molecule has 96 valence electrons. The third kappa shape index (κ3) is 5.67. The van der Waals surface area contributed by atoms with Crippen LogP contribution in [-0.4, -0.2) is 18.0 Å². The van der Waals surface area contributed by atoms with Crippen LogP contribution in [0.3, 0.4) is 0 Å². The average Bonchev–Trinajstić information content (AvgIpc) is 2.16. The van der Waals surface area contributed by atoms with E-state index in [1.165, 1.54) is 32.1 Å². The van der Waals surface area contributed by atoms with E-state index in [-0.39, 0.29) is 0 Å². The van der Waals surface area contributed by atoms with Gasteiger partial charge in [0.25, 0.3) is 0 Å². The minimum absolute atomic E-state index is 0.537. The number of halogens is 1. The summed E-state index contributed by atoms with van der Waals surface area (Å²) in [5.74, 6) is 2.50. The summed E-state index contributed by atoms with van der Waals surface area (Å²) in [6, 6.07) is 0. The molecule has 0 N–H and O–H groups in total. The number of rotatable bonds is 6. The molecule has 0 radical (unpaired) electrons. The summed E-state index contributed by atoms with van der Waals surface area (Å²) in [5, 5.41) is 1.12. The average molecular weight is 291 g/mol. The molecular weight excluding hydrogens is 264 g/mol. The first kappa shape index (κ1) is 14.5. The van der Waals surface area contributed by atoms with Crippen LogP contribution in [0, 0.1) is 17.8 Å². The van der Waals surface area contributed by atoms with Crippen LogP contribution in [0.15, 0.2) is 0 Å². The minimum Gasteiger partial charge on any atom is -0.378 e. The Morgan fingerprint density at radius 2 is 1.75 bits per heavy atom. The van der Waals surface area contributed by atoms with Crippen molar-refractivity contribution in [2.45, 2.75) is 59.0 Å². The lowest BCUT2D eigenvalue weighted by atomic mass is 9.82. The first-order valence-corrected chi connectivity index (χ1v) is 7.91. The van der Waals surface area contributed by atoms with Gasteiger partial charge in [0.15, 0.2) is 0 Å². The fourth-order valence-electron chi connectivity index (χ4n) is 2.78. The van der Waals surface area contributed by atoms with Crippen molar-refractivity contribution < 1.29 is 4.74 Å². The highest BCUT2D eigenvalue weighted by molar-refractivity contribution is 9.09. The zero-order valence-corrected chi connectivity index (χ0v) is 12.6. The summed E-state index contributed by atoms with van der Waals surface area (Å²) in [7, 11) is 0. The smallest absolute Gasteiger partial charge is 0.0580 e. The van der Waals surface area contributed by atoms with E-state index < -0.39 is 0 Å². The lowest BCUT2D eigenvalue weighted by Gasteiger charge is -2.31. The van der Waals surface area contributed by atoms with Crippen LogP contribution < -0.4 is 0 Å². The Balaban J connectivity index is 2.12. The van der Waals surface area contributed by atoms with E-state index in [0.29, 0.717) is 6.10 Å². The zero-order chi connectivity index (χ0) is 12.0. The molecular formula is C14H27BrO. The van der Waals surface area contributed by atoms with Gasteiger partial charge in [0.1, 0.15) is 0 Å². The molecule has 1 saturated carbocycles. The summed E-state index contributed by atoms with van der Waals surface area (Å²) in [4.78, 5) is 0. The SMILES string of the molecule is CC(CCBr)CCOC1CC(C)CC(C)C1. The Kier molecular flexibility index (Phi) is 6.98. The molecule has 0 aromatic rings. The molecule has 16 heavy (non-hydrogen) atoms. The van der Waals surface area contributed by atoms with Crippen molar-refractivity contribution in [1.82, 2.24) is 0 Å². The van der Waals surface area contributed by atoms with Crippen molar-refractivity contribution in [3.8, 4) is 0 Å². The first-order valence-electron chi connectivity index (χ1n) is 6.79. The Morgan fingerprint density at radius 3 is 2.31 bits per heavy atom. The van der Waals surface area contributed by atoms with Crippen LogP contribution in [0.25, 0.3) is 0 Å². The highest BCUT2D eigenvalue weighted by Gasteiger charge is 2.24. The van der Waals surface area contributed by atoms with Gasteiger partial charge in [0, 0.05) is 11.9 Å². The molecule has 0 aromatic heterocycles. The number of hydrogen-bond donors (Lipinski definition) is 0. The molecule has 3 unspecified atom stereocenters. The quantitative estimate of drug-likeness (QED) is 0.648. The Bertz CT molecular complexity index is 174. The first-order chi connectivity index (χ1) is 7.61. The Labute approximate surface area is 109 Å². The van der Waals surface area contributed by atoms with E-state index in [9.17, 15) is 0 Å². The lowest BCUT2D eigenvalue weighted by Crippen LogP contribution is -2.26. The van der Waals surface area contributed by atoms with Gasteiger partial charge in [0.05, 0.1) is 6.10 Å². The standard InChI is InChI=1S/C14H27BrO/c1-11(4-6-15)5-7-16-14-9-12(2)8-13(3)10-14/h11-14H,4-10H2,1-3H3. The molecule has 1 rings (SSSR count). The molecule has 0 heterocycles. The van der Waals surface area contributed by atoms with Crippen LogP contribution in [0.5, 0.6) is 0 Å². The van der Waals surface area contributed by atoms with Gasteiger partial charge < -0.3 is 4.74 Å². The van der Waals surface area contributed by atoms with Crippen molar-refractivity contribution in [2.75, 3.05) is 11.9 Å². The van der Waals surface area contributed by atoms with Crippen LogP contribution in [0.2, 0.25) is 0 Å². The normalized spacial score (nSPS) is 32.6. The van der Waals surface area contributed by atoms with Gasteiger partial charge in [-0.15, -0.1) is 0 Å². The topological polar surface area (TPSA) is 9.23 Å². The van der Waals surface area contributed by atoms with Crippen molar-refractivity contribution in [1.29, 1.82) is 0 Å². The molecule has 3 atom stereocenters. The molecule has 2 heteroatoms. The summed E-state index contributed by atoms with van der Waals surface area (Å²) >= 11 is 3.49. The number of alkyl halides is 1. The van der Waals surface area contributed by atoms with Crippen LogP contribution in [0.1, 0.15) is 52.9 Å². The van der Waals surface area contributed by atoms with Crippen molar-refractivity contribution in [3.63, 3.8) is 0 Å². The van der Waals surface area contributed by atoms with E-state index in [1.54, 1.807) is 0 Å². The van der Waals surface area contributed by atoms with Crippen molar-refractivity contribution >= 4 is 15.9 Å². The highest BCUT2D eigenvalue weighted by Crippen LogP contribution is 2.30. The zero-order valence-electron chi connectivity index (χ0n) is 11.0. The van der Waals surface area contributed by atoms with Gasteiger partial charge in [-0.2, -0.15) is 0 Å².